The summed E-state index contributed by atoms with van der Waals surface area (Å²) in [4.78, 5) is 18.5. The predicted octanol–water partition coefficient (Wildman–Crippen LogP) is 2.28. The van der Waals surface area contributed by atoms with Crippen molar-refractivity contribution in [3.05, 3.63) is 34.7 Å². The Morgan fingerprint density at radius 3 is 2.96 bits per heavy atom. The van der Waals surface area contributed by atoms with Crippen molar-refractivity contribution < 1.29 is 0 Å². The highest BCUT2D eigenvalue weighted by atomic mass is 32.2. The van der Waals surface area contributed by atoms with Crippen LogP contribution in [0.4, 0.5) is 0 Å². The number of guanidine groups is 1. The van der Waals surface area contributed by atoms with E-state index in [1.165, 1.54) is 5.75 Å². The molecule has 1 aromatic heterocycles. The largest absolute Gasteiger partial charge is 0.356 e. The zero-order chi connectivity index (χ0) is 17.4. The van der Waals surface area contributed by atoms with Crippen LogP contribution in [0, 0.1) is 5.92 Å². The van der Waals surface area contributed by atoms with Gasteiger partial charge in [-0.05, 0) is 24.8 Å². The molecule has 24 heavy (non-hydrogen) atoms. The molecule has 1 unspecified atom stereocenters. The van der Waals surface area contributed by atoms with E-state index in [1.807, 2.05) is 19.3 Å². The van der Waals surface area contributed by atoms with Crippen molar-refractivity contribution in [2.75, 3.05) is 32.4 Å². The number of hydrogen-bond acceptors (Lipinski definition) is 3. The summed E-state index contributed by atoms with van der Waals surface area (Å²) in [7, 11) is 1.86. The lowest BCUT2D eigenvalue weighted by Crippen LogP contribution is -2.49. The van der Waals surface area contributed by atoms with Crippen LogP contribution in [-0.2, 0) is 6.54 Å². The van der Waals surface area contributed by atoms with E-state index in [1.54, 1.807) is 16.7 Å². The quantitative estimate of drug-likeness (QED) is 0.486. The third-order valence-corrected chi connectivity index (χ3v) is 5.90. The first kappa shape index (κ1) is 18.9. The molecule has 0 aromatic carbocycles. The molecule has 1 N–H and O–H groups in total. The molecule has 0 saturated carbocycles. The molecule has 0 radical (unpaired) electrons. The van der Waals surface area contributed by atoms with Crippen molar-refractivity contribution in [1.29, 1.82) is 0 Å². The molecule has 1 fully saturated rings. The fraction of sp³-hybridized carbons (Fsp3) is 0.667. The summed E-state index contributed by atoms with van der Waals surface area (Å²) < 4.78 is 1.77. The normalized spacial score (nSPS) is 18.9. The molecule has 0 amide bonds. The molecule has 1 aromatic rings. The molecule has 6 heteroatoms. The Bertz CT molecular complexity index is 584. The molecule has 1 aliphatic rings. The van der Waals surface area contributed by atoms with Crippen molar-refractivity contribution in [2.24, 2.45) is 10.9 Å². The minimum Gasteiger partial charge on any atom is -0.356 e. The van der Waals surface area contributed by atoms with Gasteiger partial charge in [0, 0.05) is 56.5 Å². The van der Waals surface area contributed by atoms with Gasteiger partial charge in [0.2, 0.25) is 5.56 Å². The summed E-state index contributed by atoms with van der Waals surface area (Å²) >= 11 is 2.08. The van der Waals surface area contributed by atoms with E-state index in [4.69, 9.17) is 0 Å². The van der Waals surface area contributed by atoms with E-state index in [0.29, 0.717) is 11.2 Å². The molecule has 1 aliphatic heterocycles. The zero-order valence-corrected chi connectivity index (χ0v) is 15.9. The molecule has 0 bridgehead atoms. The summed E-state index contributed by atoms with van der Waals surface area (Å²) in [5.41, 5.74) is 0.0758. The van der Waals surface area contributed by atoms with Crippen LogP contribution in [0.2, 0.25) is 0 Å². The minimum atomic E-state index is 0.0758. The van der Waals surface area contributed by atoms with Gasteiger partial charge in [-0.25, -0.2) is 0 Å². The monoisotopic (exact) mass is 350 g/mol. The number of rotatable bonds is 6. The number of thioether (sulfide) groups is 1. The van der Waals surface area contributed by atoms with Crippen molar-refractivity contribution in [1.82, 2.24) is 14.8 Å². The maximum atomic E-state index is 11.6. The second-order valence-electron chi connectivity index (χ2n) is 6.51. The van der Waals surface area contributed by atoms with Gasteiger partial charge in [-0.2, -0.15) is 11.8 Å². The third kappa shape index (κ3) is 5.58. The molecule has 5 nitrogen and oxygen atoms in total. The molecule has 1 atom stereocenters. The van der Waals surface area contributed by atoms with Gasteiger partial charge >= 0.3 is 0 Å². The van der Waals surface area contributed by atoms with Crippen LogP contribution in [-0.4, -0.2) is 53.1 Å². The highest BCUT2D eigenvalue weighted by molar-refractivity contribution is 8.00. The molecule has 0 aliphatic carbocycles. The van der Waals surface area contributed by atoms with E-state index in [9.17, 15) is 4.79 Å². The third-order valence-electron chi connectivity index (χ3n) is 4.36. The predicted molar refractivity (Wildman–Crippen MR) is 104 cm³/mol. The molecule has 2 rings (SSSR count). The first-order chi connectivity index (χ1) is 11.6. The fourth-order valence-electron chi connectivity index (χ4n) is 2.86. The Morgan fingerprint density at radius 1 is 1.42 bits per heavy atom. The molecule has 1 saturated heterocycles. The highest BCUT2D eigenvalue weighted by Gasteiger charge is 2.24. The lowest BCUT2D eigenvalue weighted by molar-refractivity contribution is 0.380. The maximum Gasteiger partial charge on any atom is 0.250 e. The van der Waals surface area contributed by atoms with Gasteiger partial charge < -0.3 is 14.8 Å². The van der Waals surface area contributed by atoms with Gasteiger partial charge in [-0.3, -0.25) is 9.79 Å². The molecule has 134 valence electrons. The van der Waals surface area contributed by atoms with Crippen molar-refractivity contribution in [2.45, 2.75) is 38.5 Å². The van der Waals surface area contributed by atoms with E-state index < -0.39 is 0 Å². The Kier molecular flexibility index (Phi) is 7.69. The first-order valence-corrected chi connectivity index (χ1v) is 9.89. The number of nitrogens with one attached hydrogen (secondary N) is 1. The van der Waals surface area contributed by atoms with Crippen molar-refractivity contribution in [3.63, 3.8) is 0 Å². The summed E-state index contributed by atoms with van der Waals surface area (Å²) in [6.07, 6.45) is 3.86. The van der Waals surface area contributed by atoms with E-state index in [-0.39, 0.29) is 5.56 Å². The lowest BCUT2D eigenvalue weighted by Gasteiger charge is -2.36. The first-order valence-electron chi connectivity index (χ1n) is 8.84. The van der Waals surface area contributed by atoms with Crippen LogP contribution < -0.4 is 10.9 Å². The van der Waals surface area contributed by atoms with Gasteiger partial charge in [0.15, 0.2) is 5.96 Å². The molecule has 2 heterocycles. The second kappa shape index (κ2) is 9.77. The SMILES string of the molecule is CN=C(NCCCCn1ccccc1=O)N1CCSC(C(C)C)C1. The number of aliphatic imine (C=N–C) groups is 1. The summed E-state index contributed by atoms with van der Waals surface area (Å²) in [5.74, 6) is 2.87. The Labute approximate surface area is 149 Å². The van der Waals surface area contributed by atoms with Crippen molar-refractivity contribution in [3.8, 4) is 0 Å². The summed E-state index contributed by atoms with van der Waals surface area (Å²) in [5, 5.41) is 4.16. The number of pyridine rings is 1. The average molecular weight is 351 g/mol. The van der Waals surface area contributed by atoms with Crippen LogP contribution in [0.25, 0.3) is 0 Å². The second-order valence-corrected chi connectivity index (χ2v) is 7.86. The van der Waals surface area contributed by atoms with Crippen LogP contribution in [0.3, 0.4) is 0 Å². The van der Waals surface area contributed by atoms with E-state index in [2.05, 4.69) is 40.8 Å². The van der Waals surface area contributed by atoms with E-state index in [0.717, 1.165) is 45.0 Å². The van der Waals surface area contributed by atoms with Crippen LogP contribution in [0.5, 0.6) is 0 Å². The van der Waals surface area contributed by atoms with Crippen LogP contribution >= 0.6 is 11.8 Å². The van der Waals surface area contributed by atoms with Gasteiger partial charge in [-0.1, -0.05) is 19.9 Å². The standard InChI is InChI=1S/C18H30N4OS/c1-15(2)16-14-22(12-13-24-16)18(19-3)20-9-5-7-11-21-10-6-4-8-17(21)23/h4,6,8,10,15-16H,5,7,9,11-14H2,1-3H3,(H,19,20). The topological polar surface area (TPSA) is 49.6 Å². The number of hydrogen-bond donors (Lipinski definition) is 1. The Morgan fingerprint density at radius 2 is 2.25 bits per heavy atom. The number of aromatic nitrogens is 1. The fourth-order valence-corrected chi connectivity index (χ4v) is 4.15. The van der Waals surface area contributed by atoms with Crippen LogP contribution in [0.15, 0.2) is 34.2 Å². The van der Waals surface area contributed by atoms with Crippen LogP contribution in [0.1, 0.15) is 26.7 Å². The lowest BCUT2D eigenvalue weighted by atomic mass is 10.1. The summed E-state index contributed by atoms with van der Waals surface area (Å²) in [6, 6.07) is 5.30. The van der Waals surface area contributed by atoms with Gasteiger partial charge in [-0.15, -0.1) is 0 Å². The average Bonchev–Trinajstić information content (AvgIpc) is 2.59. The van der Waals surface area contributed by atoms with Gasteiger partial charge in [0.1, 0.15) is 0 Å². The summed E-state index contributed by atoms with van der Waals surface area (Å²) in [6.45, 7) is 8.39. The van der Waals surface area contributed by atoms with Gasteiger partial charge in [0.05, 0.1) is 0 Å². The number of aryl methyl sites for hydroxylation is 1. The molecular formula is C18H30N4OS. The smallest absolute Gasteiger partial charge is 0.250 e. The Hall–Kier alpha value is -1.43. The maximum absolute atomic E-state index is 11.6. The Balaban J connectivity index is 1.72. The molecule has 0 spiro atoms. The number of nitrogens with zero attached hydrogens (tertiary/aromatic N) is 3. The molecular weight excluding hydrogens is 320 g/mol. The van der Waals surface area contributed by atoms with E-state index >= 15 is 0 Å². The number of unbranched alkanes of at least 4 members (excludes halogenated alkanes) is 1. The minimum absolute atomic E-state index is 0.0758. The van der Waals surface area contributed by atoms with Crippen molar-refractivity contribution >= 4 is 17.7 Å². The zero-order valence-electron chi connectivity index (χ0n) is 15.1. The van der Waals surface area contributed by atoms with Gasteiger partial charge in [0.25, 0.3) is 0 Å². The highest BCUT2D eigenvalue weighted by Crippen LogP contribution is 2.24.